The molecule has 112 valence electrons. The van der Waals surface area contributed by atoms with Crippen molar-refractivity contribution in [2.75, 3.05) is 7.11 Å². The molecule has 0 aliphatic rings. The van der Waals surface area contributed by atoms with E-state index in [0.29, 0.717) is 11.4 Å². The topological polar surface area (TPSA) is 45.9 Å². The van der Waals surface area contributed by atoms with Crippen molar-refractivity contribution in [3.05, 3.63) is 71.8 Å². The second-order valence-corrected chi connectivity index (χ2v) is 5.28. The van der Waals surface area contributed by atoms with E-state index in [1.165, 1.54) is 12.7 Å². The van der Waals surface area contributed by atoms with Gasteiger partial charge >= 0.3 is 0 Å². The van der Waals surface area contributed by atoms with Crippen LogP contribution in [0.2, 0.25) is 0 Å². The molecule has 0 fully saturated rings. The Kier molecular flexibility index (Phi) is 4.07. The third kappa shape index (κ3) is 2.93. The fraction of sp³-hybridized carbons (Fsp3) is 0.100. The van der Waals surface area contributed by atoms with Crippen LogP contribution in [-0.2, 0) is 0 Å². The van der Waals surface area contributed by atoms with Crippen molar-refractivity contribution in [3.8, 4) is 34.3 Å². The van der Waals surface area contributed by atoms with Crippen molar-refractivity contribution in [1.82, 2.24) is 4.98 Å². The minimum Gasteiger partial charge on any atom is -0.480 e. The first-order valence-electron chi connectivity index (χ1n) is 7.34. The van der Waals surface area contributed by atoms with Gasteiger partial charge in [-0.2, -0.15) is 5.26 Å². The van der Waals surface area contributed by atoms with E-state index >= 15 is 0 Å². The number of aromatic nitrogens is 1. The summed E-state index contributed by atoms with van der Waals surface area (Å²) in [5, 5.41) is 9.54. The summed E-state index contributed by atoms with van der Waals surface area (Å²) in [4.78, 5) is 4.49. The van der Waals surface area contributed by atoms with Crippen LogP contribution < -0.4 is 4.74 Å². The summed E-state index contributed by atoms with van der Waals surface area (Å²) < 4.78 is 5.35. The van der Waals surface area contributed by atoms with Crippen molar-refractivity contribution < 1.29 is 4.74 Å². The Labute approximate surface area is 135 Å². The second-order valence-electron chi connectivity index (χ2n) is 5.28. The maximum absolute atomic E-state index is 9.54. The number of ether oxygens (including phenoxy) is 1. The zero-order valence-electron chi connectivity index (χ0n) is 13.1. The number of hydrogen-bond donors (Lipinski definition) is 0. The molecule has 0 radical (unpaired) electrons. The van der Waals surface area contributed by atoms with Gasteiger partial charge in [-0.1, -0.05) is 60.2 Å². The Morgan fingerprint density at radius 2 is 1.65 bits per heavy atom. The molecule has 3 aromatic rings. The molecule has 2 aromatic carbocycles. The van der Waals surface area contributed by atoms with E-state index in [4.69, 9.17) is 4.74 Å². The molecule has 0 bridgehead atoms. The van der Waals surface area contributed by atoms with Crippen LogP contribution in [-0.4, -0.2) is 12.1 Å². The third-order valence-corrected chi connectivity index (χ3v) is 3.72. The van der Waals surface area contributed by atoms with Gasteiger partial charge in [-0.15, -0.1) is 0 Å². The van der Waals surface area contributed by atoms with Gasteiger partial charge in [0, 0.05) is 11.1 Å². The van der Waals surface area contributed by atoms with Gasteiger partial charge in [0.2, 0.25) is 5.88 Å². The van der Waals surface area contributed by atoms with Gasteiger partial charge in [-0.3, -0.25) is 0 Å². The lowest BCUT2D eigenvalue weighted by atomic mass is 9.98. The Bertz CT molecular complexity index is 863. The molecule has 3 rings (SSSR count). The van der Waals surface area contributed by atoms with Crippen molar-refractivity contribution >= 4 is 0 Å². The number of hydrogen-bond acceptors (Lipinski definition) is 3. The van der Waals surface area contributed by atoms with Crippen LogP contribution >= 0.6 is 0 Å². The smallest absolute Gasteiger partial charge is 0.232 e. The standard InChI is InChI=1S/C20H16N2O/c1-14-8-10-15(11-9-14)17-12-19(16-6-4-3-5-7-16)22-20(23-2)18(17)13-21/h3-12H,1-2H3. The summed E-state index contributed by atoms with van der Waals surface area (Å²) in [7, 11) is 1.54. The number of methoxy groups -OCH3 is 1. The van der Waals surface area contributed by atoms with E-state index in [-0.39, 0.29) is 0 Å². The zero-order chi connectivity index (χ0) is 16.2. The predicted octanol–water partition coefficient (Wildman–Crippen LogP) is 4.60. The summed E-state index contributed by atoms with van der Waals surface area (Å²) in [6.45, 7) is 2.04. The molecule has 3 heteroatoms. The SMILES string of the molecule is COc1nc(-c2ccccc2)cc(-c2ccc(C)cc2)c1C#N. The van der Waals surface area contributed by atoms with Gasteiger partial charge in [-0.25, -0.2) is 4.98 Å². The molecule has 0 amide bonds. The molecule has 0 atom stereocenters. The quantitative estimate of drug-likeness (QED) is 0.710. The van der Waals surface area contributed by atoms with Crippen LogP contribution in [0.1, 0.15) is 11.1 Å². The molecule has 1 heterocycles. The van der Waals surface area contributed by atoms with E-state index in [9.17, 15) is 5.26 Å². The van der Waals surface area contributed by atoms with Crippen LogP contribution in [0.25, 0.3) is 22.4 Å². The van der Waals surface area contributed by atoms with Gasteiger partial charge in [0.25, 0.3) is 0 Å². The number of rotatable bonds is 3. The Hall–Kier alpha value is -3.12. The molecule has 3 nitrogen and oxygen atoms in total. The van der Waals surface area contributed by atoms with Crippen LogP contribution in [0, 0.1) is 18.3 Å². The summed E-state index contributed by atoms with van der Waals surface area (Å²) in [6, 6.07) is 22.1. The Morgan fingerprint density at radius 3 is 2.26 bits per heavy atom. The normalized spacial score (nSPS) is 10.1. The van der Waals surface area contributed by atoms with Crippen molar-refractivity contribution in [2.24, 2.45) is 0 Å². The monoisotopic (exact) mass is 300 g/mol. The maximum Gasteiger partial charge on any atom is 0.232 e. The van der Waals surface area contributed by atoms with Crippen molar-refractivity contribution in [2.45, 2.75) is 6.92 Å². The lowest BCUT2D eigenvalue weighted by Gasteiger charge is -2.12. The summed E-state index contributed by atoms with van der Waals surface area (Å²) in [6.07, 6.45) is 0. The lowest BCUT2D eigenvalue weighted by molar-refractivity contribution is 0.397. The van der Waals surface area contributed by atoms with Crippen LogP contribution in [0.5, 0.6) is 5.88 Å². The highest BCUT2D eigenvalue weighted by atomic mass is 16.5. The van der Waals surface area contributed by atoms with E-state index in [2.05, 4.69) is 11.1 Å². The molecule has 0 spiro atoms. The molecular weight excluding hydrogens is 284 g/mol. The van der Waals surface area contributed by atoms with Crippen LogP contribution in [0.4, 0.5) is 0 Å². The number of aryl methyl sites for hydroxylation is 1. The van der Waals surface area contributed by atoms with Crippen LogP contribution in [0.15, 0.2) is 60.7 Å². The first-order chi connectivity index (χ1) is 11.2. The molecule has 1 aromatic heterocycles. The largest absolute Gasteiger partial charge is 0.480 e. The molecule has 0 saturated carbocycles. The van der Waals surface area contributed by atoms with E-state index in [1.54, 1.807) is 0 Å². The predicted molar refractivity (Wildman–Crippen MR) is 91.1 cm³/mol. The lowest BCUT2D eigenvalue weighted by Crippen LogP contribution is -1.97. The van der Waals surface area contributed by atoms with Crippen LogP contribution in [0.3, 0.4) is 0 Å². The van der Waals surface area contributed by atoms with Gasteiger partial charge < -0.3 is 4.74 Å². The van der Waals surface area contributed by atoms with Gasteiger partial charge in [0.15, 0.2) is 0 Å². The first kappa shape index (κ1) is 14.8. The molecule has 0 N–H and O–H groups in total. The summed E-state index contributed by atoms with van der Waals surface area (Å²) in [5.74, 6) is 0.351. The Morgan fingerprint density at radius 1 is 0.957 bits per heavy atom. The summed E-state index contributed by atoms with van der Waals surface area (Å²) >= 11 is 0. The average Bonchev–Trinajstić information content (AvgIpc) is 2.62. The number of benzene rings is 2. The fourth-order valence-corrected chi connectivity index (χ4v) is 2.50. The highest BCUT2D eigenvalue weighted by Gasteiger charge is 2.15. The number of nitrogens with zero attached hydrogens (tertiary/aromatic N) is 2. The number of pyridine rings is 1. The average molecular weight is 300 g/mol. The molecule has 0 unspecified atom stereocenters. The zero-order valence-corrected chi connectivity index (χ0v) is 13.1. The molecule has 0 saturated heterocycles. The molecule has 0 aliphatic carbocycles. The van der Waals surface area contributed by atoms with Gasteiger partial charge in [0.1, 0.15) is 11.6 Å². The number of nitriles is 1. The minimum absolute atomic E-state index is 0.351. The third-order valence-electron chi connectivity index (χ3n) is 3.72. The molecular formula is C20H16N2O. The molecule has 23 heavy (non-hydrogen) atoms. The summed E-state index contributed by atoms with van der Waals surface area (Å²) in [5.41, 5.74) is 5.22. The van der Waals surface area contributed by atoms with E-state index in [0.717, 1.165) is 22.4 Å². The van der Waals surface area contributed by atoms with E-state index < -0.39 is 0 Å². The van der Waals surface area contributed by atoms with Gasteiger partial charge in [-0.05, 0) is 18.6 Å². The van der Waals surface area contributed by atoms with Gasteiger partial charge in [0.05, 0.1) is 12.8 Å². The maximum atomic E-state index is 9.54. The Balaban J connectivity index is 2.25. The highest BCUT2D eigenvalue weighted by Crippen LogP contribution is 2.33. The van der Waals surface area contributed by atoms with Crippen molar-refractivity contribution in [1.29, 1.82) is 5.26 Å². The second kappa shape index (κ2) is 6.33. The fourth-order valence-electron chi connectivity index (χ4n) is 2.50. The first-order valence-corrected chi connectivity index (χ1v) is 7.34. The minimum atomic E-state index is 0.351. The van der Waals surface area contributed by atoms with Crippen molar-refractivity contribution in [3.63, 3.8) is 0 Å². The highest BCUT2D eigenvalue weighted by molar-refractivity contribution is 5.77. The van der Waals surface area contributed by atoms with E-state index in [1.807, 2.05) is 67.6 Å². The molecule has 0 aliphatic heterocycles.